The van der Waals surface area contributed by atoms with Gasteiger partial charge in [0.2, 0.25) is 0 Å². The first-order chi connectivity index (χ1) is 16.3. The Morgan fingerprint density at radius 1 is 0.515 bits per heavy atom. The Bertz CT molecular complexity index is 1830. The Hall–Kier alpha value is -4.30. The number of hydrogen-bond acceptors (Lipinski definition) is 1. The molecule has 7 rings (SSSR count). The fourth-order valence-electron chi connectivity index (χ4n) is 5.11. The van der Waals surface area contributed by atoms with Gasteiger partial charge in [-0.2, -0.15) is 0 Å². The van der Waals surface area contributed by atoms with Crippen molar-refractivity contribution in [3.8, 4) is 16.8 Å². The van der Waals surface area contributed by atoms with Crippen LogP contribution in [0.2, 0.25) is 0 Å². The Balaban J connectivity index is 1.53. The van der Waals surface area contributed by atoms with Gasteiger partial charge in [-0.1, -0.05) is 78.4 Å². The van der Waals surface area contributed by atoms with Gasteiger partial charge in [0.1, 0.15) is 11.2 Å². The van der Waals surface area contributed by atoms with Gasteiger partial charge in [0.05, 0.1) is 11.0 Å². The lowest BCUT2D eigenvalue weighted by atomic mass is 10.0. The van der Waals surface area contributed by atoms with E-state index in [-0.39, 0.29) is 0 Å². The van der Waals surface area contributed by atoms with E-state index in [1.165, 1.54) is 38.5 Å². The SMILES string of the molecule is Cc1cccc(-c2ccc3c4ccccc4n(-c4ccc5c(c4)oc4ccccc45)c3c2)c1. The van der Waals surface area contributed by atoms with Crippen LogP contribution < -0.4 is 0 Å². The van der Waals surface area contributed by atoms with E-state index in [2.05, 4.69) is 109 Å². The number of furan rings is 1. The molecule has 2 heteroatoms. The van der Waals surface area contributed by atoms with Crippen LogP contribution in [-0.2, 0) is 0 Å². The lowest BCUT2D eigenvalue weighted by molar-refractivity contribution is 0.668. The number of nitrogens with zero attached hydrogens (tertiary/aromatic N) is 1. The molecule has 5 aromatic carbocycles. The zero-order valence-electron chi connectivity index (χ0n) is 18.2. The molecule has 33 heavy (non-hydrogen) atoms. The summed E-state index contributed by atoms with van der Waals surface area (Å²) in [5.41, 5.74) is 9.07. The van der Waals surface area contributed by atoms with Crippen molar-refractivity contribution >= 4 is 43.7 Å². The zero-order chi connectivity index (χ0) is 21.9. The Labute approximate surface area is 191 Å². The molecular weight excluding hydrogens is 402 g/mol. The van der Waals surface area contributed by atoms with Crippen LogP contribution in [0.4, 0.5) is 0 Å². The highest BCUT2D eigenvalue weighted by Crippen LogP contribution is 2.37. The highest BCUT2D eigenvalue weighted by Gasteiger charge is 2.15. The predicted octanol–water partition coefficient (Wildman–Crippen LogP) is 8.66. The molecule has 0 N–H and O–H groups in total. The quantitative estimate of drug-likeness (QED) is 0.272. The molecule has 7 aromatic rings. The van der Waals surface area contributed by atoms with Crippen molar-refractivity contribution in [1.82, 2.24) is 4.57 Å². The number of hydrogen-bond donors (Lipinski definition) is 0. The summed E-state index contributed by atoms with van der Waals surface area (Å²) in [6.07, 6.45) is 0. The van der Waals surface area contributed by atoms with Gasteiger partial charge in [-0.25, -0.2) is 0 Å². The maximum absolute atomic E-state index is 6.21. The molecular formula is C31H21NO. The molecule has 2 nitrogen and oxygen atoms in total. The van der Waals surface area contributed by atoms with E-state index in [4.69, 9.17) is 4.42 Å². The number of para-hydroxylation sites is 2. The van der Waals surface area contributed by atoms with Gasteiger partial charge < -0.3 is 8.98 Å². The van der Waals surface area contributed by atoms with Crippen molar-refractivity contribution in [1.29, 1.82) is 0 Å². The third kappa shape index (κ3) is 2.74. The molecule has 0 atom stereocenters. The third-order valence-electron chi connectivity index (χ3n) is 6.65. The molecule has 2 aromatic heterocycles. The highest BCUT2D eigenvalue weighted by atomic mass is 16.3. The van der Waals surface area contributed by atoms with Gasteiger partial charge in [-0.3, -0.25) is 0 Å². The van der Waals surface area contributed by atoms with E-state index in [0.29, 0.717) is 0 Å². The minimum Gasteiger partial charge on any atom is -0.456 e. The van der Waals surface area contributed by atoms with E-state index in [0.717, 1.165) is 27.6 Å². The highest BCUT2D eigenvalue weighted by molar-refractivity contribution is 6.11. The number of fused-ring (bicyclic) bond motifs is 6. The van der Waals surface area contributed by atoms with Crippen molar-refractivity contribution in [2.24, 2.45) is 0 Å². The summed E-state index contributed by atoms with van der Waals surface area (Å²) < 4.78 is 8.57. The average Bonchev–Trinajstić information content (AvgIpc) is 3.38. The number of aromatic nitrogens is 1. The van der Waals surface area contributed by atoms with Crippen molar-refractivity contribution in [2.75, 3.05) is 0 Å². The largest absolute Gasteiger partial charge is 0.456 e. The molecule has 0 aliphatic carbocycles. The fraction of sp³-hybridized carbons (Fsp3) is 0.0323. The third-order valence-corrected chi connectivity index (χ3v) is 6.65. The second-order valence-electron chi connectivity index (χ2n) is 8.73. The molecule has 0 radical (unpaired) electrons. The van der Waals surface area contributed by atoms with Gasteiger partial charge in [0, 0.05) is 33.3 Å². The van der Waals surface area contributed by atoms with Crippen molar-refractivity contribution in [2.45, 2.75) is 6.92 Å². The topological polar surface area (TPSA) is 18.1 Å². The van der Waals surface area contributed by atoms with Crippen LogP contribution in [0.5, 0.6) is 0 Å². The molecule has 0 spiro atoms. The van der Waals surface area contributed by atoms with Gasteiger partial charge in [0.25, 0.3) is 0 Å². The van der Waals surface area contributed by atoms with Crippen LogP contribution in [0.15, 0.2) is 114 Å². The van der Waals surface area contributed by atoms with Gasteiger partial charge in [-0.15, -0.1) is 0 Å². The zero-order valence-corrected chi connectivity index (χ0v) is 18.2. The fourth-order valence-corrected chi connectivity index (χ4v) is 5.11. The van der Waals surface area contributed by atoms with Gasteiger partial charge in [0.15, 0.2) is 0 Å². The molecule has 0 amide bonds. The summed E-state index contributed by atoms with van der Waals surface area (Å²) in [6, 6.07) is 38.9. The van der Waals surface area contributed by atoms with Gasteiger partial charge in [-0.05, 0) is 48.4 Å². The molecule has 0 saturated carbocycles. The van der Waals surface area contributed by atoms with Crippen molar-refractivity contribution < 1.29 is 4.42 Å². The smallest absolute Gasteiger partial charge is 0.137 e. The molecule has 0 unspecified atom stereocenters. The molecule has 0 aliphatic heterocycles. The molecule has 0 saturated heterocycles. The maximum Gasteiger partial charge on any atom is 0.137 e. The Morgan fingerprint density at radius 3 is 2.15 bits per heavy atom. The first-order valence-electron chi connectivity index (χ1n) is 11.3. The monoisotopic (exact) mass is 423 g/mol. The number of benzene rings is 5. The summed E-state index contributed by atoms with van der Waals surface area (Å²) in [5, 5.41) is 4.82. The lowest BCUT2D eigenvalue weighted by Gasteiger charge is -2.09. The van der Waals surface area contributed by atoms with Crippen LogP contribution in [0.25, 0.3) is 60.6 Å². The second-order valence-corrected chi connectivity index (χ2v) is 8.73. The van der Waals surface area contributed by atoms with Crippen molar-refractivity contribution in [3.05, 3.63) is 115 Å². The number of rotatable bonds is 2. The Kier molecular flexibility index (Phi) is 3.80. The maximum atomic E-state index is 6.21. The molecule has 2 heterocycles. The van der Waals surface area contributed by atoms with E-state index >= 15 is 0 Å². The summed E-state index contributed by atoms with van der Waals surface area (Å²) in [7, 11) is 0. The molecule has 0 fully saturated rings. The summed E-state index contributed by atoms with van der Waals surface area (Å²) in [4.78, 5) is 0. The minimum atomic E-state index is 0.912. The molecule has 0 bridgehead atoms. The van der Waals surface area contributed by atoms with E-state index in [1.807, 2.05) is 12.1 Å². The summed E-state index contributed by atoms with van der Waals surface area (Å²) in [5.74, 6) is 0. The van der Waals surface area contributed by atoms with Crippen molar-refractivity contribution in [3.63, 3.8) is 0 Å². The van der Waals surface area contributed by atoms with Gasteiger partial charge >= 0.3 is 0 Å². The molecule has 156 valence electrons. The lowest BCUT2D eigenvalue weighted by Crippen LogP contribution is -1.93. The number of aryl methyl sites for hydroxylation is 1. The first-order valence-corrected chi connectivity index (χ1v) is 11.3. The standard InChI is InChI=1S/C31H21NO/c1-20-7-6-8-21(17-20)22-13-15-25-24-9-2-4-11-28(24)32(29(25)18-22)23-14-16-27-26-10-3-5-12-30(26)33-31(27)19-23/h2-19H,1H3. The van der Waals surface area contributed by atoms with Crippen LogP contribution >= 0.6 is 0 Å². The normalized spacial score (nSPS) is 11.8. The second kappa shape index (κ2) is 6.85. The Morgan fingerprint density at radius 2 is 1.24 bits per heavy atom. The minimum absolute atomic E-state index is 0.912. The van der Waals surface area contributed by atoms with Crippen LogP contribution in [0.3, 0.4) is 0 Å². The van der Waals surface area contributed by atoms with Crippen LogP contribution in [0.1, 0.15) is 5.56 Å². The first kappa shape index (κ1) is 18.3. The van der Waals surface area contributed by atoms with E-state index in [9.17, 15) is 0 Å². The summed E-state index contributed by atoms with van der Waals surface area (Å²) in [6.45, 7) is 2.14. The molecule has 0 aliphatic rings. The van der Waals surface area contributed by atoms with Crippen LogP contribution in [0, 0.1) is 6.92 Å². The summed E-state index contributed by atoms with van der Waals surface area (Å²) >= 11 is 0. The predicted molar refractivity (Wildman–Crippen MR) is 138 cm³/mol. The van der Waals surface area contributed by atoms with Crippen LogP contribution in [-0.4, -0.2) is 4.57 Å². The average molecular weight is 424 g/mol. The van der Waals surface area contributed by atoms with E-state index in [1.54, 1.807) is 0 Å². The van der Waals surface area contributed by atoms with E-state index < -0.39 is 0 Å².